The first-order valence-corrected chi connectivity index (χ1v) is 20.2. The number of methoxy groups -OCH3 is 1. The van der Waals surface area contributed by atoms with Gasteiger partial charge < -0.3 is 53.5 Å². The summed E-state index contributed by atoms with van der Waals surface area (Å²) in [5.74, 6) is -0.619. The number of carbonyl (C=O) groups excluding carboxylic acids is 1. The van der Waals surface area contributed by atoms with Gasteiger partial charge in [0.2, 0.25) is 0 Å². The highest BCUT2D eigenvalue weighted by Crippen LogP contribution is 2.54. The van der Waals surface area contributed by atoms with Crippen LogP contribution in [0.3, 0.4) is 0 Å². The Hall–Kier alpha value is -1.29. The van der Waals surface area contributed by atoms with E-state index in [9.17, 15) is 9.90 Å². The summed E-state index contributed by atoms with van der Waals surface area (Å²) in [6, 6.07) is 0. The zero-order valence-corrected chi connectivity index (χ0v) is 30.8. The second-order valence-corrected chi connectivity index (χ2v) is 17.4. The molecule has 1 spiro atoms. The van der Waals surface area contributed by atoms with E-state index in [0.29, 0.717) is 25.7 Å². The lowest BCUT2D eigenvalue weighted by Crippen LogP contribution is -2.61. The molecule has 10 heterocycles. The molecule has 290 valence electrons. The number of aliphatic hydroxyl groups excluding tert-OH is 1. The van der Waals surface area contributed by atoms with E-state index in [1.165, 1.54) is 0 Å². The number of nitrogens with two attached hydrogens (primary N) is 1. The maximum atomic E-state index is 14.1. The summed E-state index contributed by atoms with van der Waals surface area (Å²) in [5.41, 5.74) is 8.01. The molecule has 0 aromatic heterocycles. The Labute approximate surface area is 307 Å². The predicted molar refractivity (Wildman–Crippen MR) is 186 cm³/mol. The van der Waals surface area contributed by atoms with Gasteiger partial charge in [0.15, 0.2) is 5.79 Å². The molecule has 0 saturated carbocycles. The molecule has 10 saturated heterocycles. The van der Waals surface area contributed by atoms with Gasteiger partial charge >= 0.3 is 0 Å². The van der Waals surface area contributed by atoms with E-state index in [1.54, 1.807) is 7.11 Å². The average Bonchev–Trinajstić information content (AvgIpc) is 3.79. The Balaban J connectivity index is 0.994. The highest BCUT2D eigenvalue weighted by Gasteiger charge is 2.68. The Bertz CT molecular complexity index is 1380. The Morgan fingerprint density at radius 3 is 2.38 bits per heavy atom. The van der Waals surface area contributed by atoms with Crippen molar-refractivity contribution in [2.24, 2.45) is 17.6 Å². The number of aliphatic hydroxyl groups is 1. The van der Waals surface area contributed by atoms with Crippen LogP contribution in [-0.4, -0.2) is 128 Å². The normalized spacial score (nSPS) is 52.4. The molecule has 52 heavy (non-hydrogen) atoms. The Morgan fingerprint density at radius 1 is 0.808 bits per heavy atom. The molecular weight excluding hydrogens is 670 g/mol. The molecule has 10 rings (SSSR count). The lowest BCUT2D eigenvalue weighted by atomic mass is 9.81. The van der Waals surface area contributed by atoms with E-state index in [4.69, 9.17) is 48.4 Å². The molecule has 19 atom stereocenters. The summed E-state index contributed by atoms with van der Waals surface area (Å²) < 4.78 is 60.0. The molecule has 12 bridgehead atoms. The van der Waals surface area contributed by atoms with Crippen LogP contribution in [0.2, 0.25) is 0 Å². The zero-order valence-electron chi connectivity index (χ0n) is 30.8. The van der Waals surface area contributed by atoms with Crippen molar-refractivity contribution in [1.82, 2.24) is 0 Å². The van der Waals surface area contributed by atoms with Gasteiger partial charge in [0.1, 0.15) is 36.3 Å². The van der Waals surface area contributed by atoms with Crippen LogP contribution in [0, 0.1) is 11.8 Å². The molecule has 10 fully saturated rings. The molecule has 10 aliphatic rings. The summed E-state index contributed by atoms with van der Waals surface area (Å²) in [5, 5.41) is 10.5. The number of hydrogen-bond acceptors (Lipinski definition) is 12. The molecule has 0 aliphatic carbocycles. The summed E-state index contributed by atoms with van der Waals surface area (Å²) >= 11 is 0. The minimum absolute atomic E-state index is 0.0158. The fourth-order valence-electron chi connectivity index (χ4n) is 11.3. The van der Waals surface area contributed by atoms with Gasteiger partial charge in [-0.3, -0.25) is 4.79 Å². The van der Waals surface area contributed by atoms with Crippen LogP contribution in [-0.2, 0) is 47.4 Å². The molecule has 0 amide bonds. The third-order valence-corrected chi connectivity index (χ3v) is 14.0. The maximum Gasteiger partial charge on any atom is 0.172 e. The Morgan fingerprint density at radius 2 is 1.56 bits per heavy atom. The van der Waals surface area contributed by atoms with Gasteiger partial charge in [-0.2, -0.15) is 0 Å². The quantitative estimate of drug-likeness (QED) is 0.409. The molecule has 0 radical (unpaired) electrons. The van der Waals surface area contributed by atoms with Crippen LogP contribution < -0.4 is 5.73 Å². The van der Waals surface area contributed by atoms with Crippen LogP contribution in [0.25, 0.3) is 0 Å². The van der Waals surface area contributed by atoms with Gasteiger partial charge in [0.05, 0.1) is 67.1 Å². The van der Waals surface area contributed by atoms with E-state index in [0.717, 1.165) is 56.1 Å². The monoisotopic (exact) mass is 729 g/mol. The third kappa shape index (κ3) is 6.59. The lowest BCUT2D eigenvalue weighted by Gasteiger charge is -2.47. The van der Waals surface area contributed by atoms with Gasteiger partial charge in [-0.05, 0) is 62.0 Å². The molecule has 0 aromatic carbocycles. The van der Waals surface area contributed by atoms with Crippen molar-refractivity contribution in [3.05, 3.63) is 24.3 Å². The van der Waals surface area contributed by atoms with Crippen molar-refractivity contribution in [3.8, 4) is 0 Å². The first kappa shape index (κ1) is 36.4. The van der Waals surface area contributed by atoms with Crippen molar-refractivity contribution in [1.29, 1.82) is 0 Å². The highest BCUT2D eigenvalue weighted by atomic mass is 16.8. The first-order valence-electron chi connectivity index (χ1n) is 20.2. The predicted octanol–water partition coefficient (Wildman–Crippen LogP) is 3.44. The maximum absolute atomic E-state index is 14.1. The minimum atomic E-state index is -0.780. The van der Waals surface area contributed by atoms with Gasteiger partial charge in [0.25, 0.3) is 0 Å². The summed E-state index contributed by atoms with van der Waals surface area (Å²) in [7, 11) is 1.66. The molecule has 12 nitrogen and oxygen atoms in total. The summed E-state index contributed by atoms with van der Waals surface area (Å²) in [4.78, 5) is 14.1. The first-order chi connectivity index (χ1) is 25.1. The van der Waals surface area contributed by atoms with Crippen LogP contribution in [0.15, 0.2) is 24.3 Å². The van der Waals surface area contributed by atoms with Crippen molar-refractivity contribution in [3.63, 3.8) is 0 Å². The third-order valence-electron chi connectivity index (χ3n) is 14.0. The highest BCUT2D eigenvalue weighted by molar-refractivity contribution is 5.79. The molecule has 0 aromatic rings. The minimum Gasteiger partial charge on any atom is -0.392 e. The number of hydrogen-bond donors (Lipinski definition) is 2. The number of rotatable bonds is 4. The SMILES string of the molecule is C=C1CC2CC[C@@]34C[C@H]5O[C@H]6C(O3)[C@H]3OC(CCC3O[C@H]6C5O4)CC(=O)CC3C(C[C@H]4O[C@@H](CC[C@@H]1O2)C[C@@H](C)C4=C)O[C@H](CC(O)CN)[C@@H]3OC. The van der Waals surface area contributed by atoms with Crippen molar-refractivity contribution >= 4 is 5.78 Å². The van der Waals surface area contributed by atoms with E-state index < -0.39 is 18.0 Å². The van der Waals surface area contributed by atoms with Gasteiger partial charge in [-0.1, -0.05) is 20.1 Å². The van der Waals surface area contributed by atoms with Crippen LogP contribution >= 0.6 is 0 Å². The standard InChI is InChI=1S/C40H59NO11/c1-19-11-24-5-7-28-20(2)12-26(45-28)9-10-40-17-33-36(51-40)37-38(50-33)39(52-40)35-29(49-37)8-6-25(47-35)13-22(42)14-27-31(16-30(46-24)21(19)3)48-32(34(27)44-4)15-23(43)18-41/h19,23-39,43H,2-3,5-18,41H2,1,4H3/t19-,23?,24+,25?,26?,27?,28+,29?,30-,31?,32-,33-,34-,35+,36?,37+,38-,39?,40+/m1/s1. The zero-order chi connectivity index (χ0) is 35.9. The number of ether oxygens (including phenoxy) is 9. The summed E-state index contributed by atoms with van der Waals surface area (Å²) in [6.07, 6.45) is 4.85. The van der Waals surface area contributed by atoms with Crippen molar-refractivity contribution < 1.29 is 52.5 Å². The van der Waals surface area contributed by atoms with E-state index in [-0.39, 0.29) is 122 Å². The van der Waals surface area contributed by atoms with Crippen LogP contribution in [0.4, 0.5) is 0 Å². The van der Waals surface area contributed by atoms with E-state index >= 15 is 0 Å². The fourth-order valence-corrected chi connectivity index (χ4v) is 11.3. The fraction of sp³-hybridized carbons (Fsp3) is 0.875. The topological polar surface area (TPSA) is 146 Å². The molecule has 8 unspecified atom stereocenters. The van der Waals surface area contributed by atoms with Gasteiger partial charge in [0, 0.05) is 58.1 Å². The van der Waals surface area contributed by atoms with Crippen LogP contribution in [0.5, 0.6) is 0 Å². The average molecular weight is 730 g/mol. The molecular formula is C40H59NO11. The molecule has 3 N–H and O–H groups in total. The smallest absolute Gasteiger partial charge is 0.172 e. The molecule has 12 heteroatoms. The van der Waals surface area contributed by atoms with Gasteiger partial charge in [-0.25, -0.2) is 0 Å². The van der Waals surface area contributed by atoms with Crippen molar-refractivity contribution in [2.75, 3.05) is 13.7 Å². The number of Topliss-reactive ketones (excluding diaryl/α,β-unsaturated/α-hetero) is 1. The second kappa shape index (κ2) is 14.3. The van der Waals surface area contributed by atoms with Crippen molar-refractivity contribution in [2.45, 2.75) is 194 Å². The number of ketones is 1. The molecule has 10 aliphatic heterocycles. The van der Waals surface area contributed by atoms with E-state index in [1.807, 2.05) is 0 Å². The largest absolute Gasteiger partial charge is 0.392 e. The number of carbonyl (C=O) groups is 1. The van der Waals surface area contributed by atoms with E-state index in [2.05, 4.69) is 20.1 Å². The number of fused-ring (bicyclic) bond motifs is 6. The second-order valence-electron chi connectivity index (χ2n) is 17.4. The van der Waals surface area contributed by atoms with Gasteiger partial charge in [-0.15, -0.1) is 0 Å². The summed E-state index contributed by atoms with van der Waals surface area (Å²) in [6.45, 7) is 11.3. The lowest BCUT2D eigenvalue weighted by molar-refractivity contribution is -0.292. The van der Waals surface area contributed by atoms with Crippen LogP contribution in [0.1, 0.15) is 90.4 Å². The Kier molecular flexibility index (Phi) is 10.0.